The summed E-state index contributed by atoms with van der Waals surface area (Å²) < 4.78 is 6.82. The zero-order chi connectivity index (χ0) is 14.1. The van der Waals surface area contributed by atoms with Crippen LogP contribution in [0.1, 0.15) is 30.5 Å². The Hall–Kier alpha value is -1.88. The lowest BCUT2D eigenvalue weighted by atomic mass is 9.87. The van der Waals surface area contributed by atoms with E-state index in [0.717, 1.165) is 36.6 Å². The predicted molar refractivity (Wildman–Crippen MR) is 77.5 cm³/mol. The van der Waals surface area contributed by atoms with Crippen LogP contribution < -0.4 is 5.73 Å². The Morgan fingerprint density at radius 1 is 1.30 bits per heavy atom. The summed E-state index contributed by atoms with van der Waals surface area (Å²) in [5.41, 5.74) is 6.68. The van der Waals surface area contributed by atoms with Crippen molar-refractivity contribution in [3.05, 3.63) is 24.3 Å². The fraction of sp³-hybridized carbons (Fsp3) is 0.467. The monoisotopic (exact) mass is 273 g/mol. The third-order valence-corrected chi connectivity index (χ3v) is 4.18. The van der Waals surface area contributed by atoms with Crippen LogP contribution >= 0.6 is 0 Å². The lowest BCUT2D eigenvalue weighted by Gasteiger charge is -2.26. The number of fused-ring (bicyclic) bond motifs is 1. The van der Waals surface area contributed by atoms with Crippen molar-refractivity contribution in [2.45, 2.75) is 31.8 Å². The highest BCUT2D eigenvalue weighted by atomic mass is 16.5. The SMILES string of the molecule is COC1CCC(C(=O)n2nc(N)c3ccccc32)CC1. The zero-order valence-electron chi connectivity index (χ0n) is 11.6. The number of methoxy groups -OCH3 is 1. The van der Waals surface area contributed by atoms with Gasteiger partial charge in [-0.05, 0) is 37.8 Å². The van der Waals surface area contributed by atoms with Gasteiger partial charge in [0.25, 0.3) is 5.91 Å². The minimum Gasteiger partial charge on any atom is -0.382 e. The van der Waals surface area contributed by atoms with E-state index in [0.29, 0.717) is 11.9 Å². The molecule has 2 aromatic rings. The van der Waals surface area contributed by atoms with E-state index < -0.39 is 0 Å². The van der Waals surface area contributed by atoms with Gasteiger partial charge >= 0.3 is 0 Å². The van der Waals surface area contributed by atoms with E-state index in [1.165, 1.54) is 4.68 Å². The molecule has 3 rings (SSSR count). The second kappa shape index (κ2) is 5.25. The number of nitrogens with two attached hydrogens (primary N) is 1. The topological polar surface area (TPSA) is 70.1 Å². The average Bonchev–Trinajstić information content (AvgIpc) is 2.84. The van der Waals surface area contributed by atoms with Crippen LogP contribution in [0.2, 0.25) is 0 Å². The third kappa shape index (κ3) is 2.18. The van der Waals surface area contributed by atoms with E-state index in [2.05, 4.69) is 5.10 Å². The number of carbonyl (C=O) groups is 1. The standard InChI is InChI=1S/C15H19N3O2/c1-20-11-8-6-10(7-9-11)15(19)18-13-5-3-2-4-12(13)14(16)17-18/h2-5,10-11H,6-9H2,1H3,(H2,16,17). The molecule has 1 aliphatic rings. The van der Waals surface area contributed by atoms with Crippen LogP contribution in [-0.2, 0) is 4.74 Å². The number of nitrogen functional groups attached to an aromatic ring is 1. The summed E-state index contributed by atoms with van der Waals surface area (Å²) in [6.07, 6.45) is 3.86. The number of hydrogen-bond donors (Lipinski definition) is 1. The lowest BCUT2D eigenvalue weighted by molar-refractivity contribution is 0.0477. The molecule has 0 aliphatic heterocycles. The Bertz CT molecular complexity index is 627. The molecule has 1 fully saturated rings. The quantitative estimate of drug-likeness (QED) is 0.912. The van der Waals surface area contributed by atoms with Crippen LogP contribution in [0.25, 0.3) is 10.9 Å². The maximum Gasteiger partial charge on any atom is 0.250 e. The Balaban J connectivity index is 1.86. The first-order valence-corrected chi connectivity index (χ1v) is 7.01. The predicted octanol–water partition coefficient (Wildman–Crippen LogP) is 2.46. The van der Waals surface area contributed by atoms with Gasteiger partial charge in [0.15, 0.2) is 5.82 Å². The van der Waals surface area contributed by atoms with Crippen molar-refractivity contribution in [2.24, 2.45) is 5.92 Å². The maximum absolute atomic E-state index is 12.6. The fourth-order valence-electron chi connectivity index (χ4n) is 2.98. The molecular weight excluding hydrogens is 254 g/mol. The molecule has 0 unspecified atom stereocenters. The van der Waals surface area contributed by atoms with E-state index in [-0.39, 0.29) is 11.8 Å². The van der Waals surface area contributed by atoms with Crippen LogP contribution in [0, 0.1) is 5.92 Å². The van der Waals surface area contributed by atoms with Gasteiger partial charge in [0, 0.05) is 18.4 Å². The molecule has 1 aromatic heterocycles. The van der Waals surface area contributed by atoms with E-state index in [1.807, 2.05) is 24.3 Å². The van der Waals surface area contributed by atoms with Gasteiger partial charge in [-0.3, -0.25) is 4.79 Å². The summed E-state index contributed by atoms with van der Waals surface area (Å²) in [4.78, 5) is 12.6. The molecule has 0 atom stereocenters. The minimum absolute atomic E-state index is 0.0177. The fourth-order valence-corrected chi connectivity index (χ4v) is 2.98. The van der Waals surface area contributed by atoms with E-state index in [1.54, 1.807) is 7.11 Å². The zero-order valence-corrected chi connectivity index (χ0v) is 11.6. The minimum atomic E-state index is 0.0177. The number of ether oxygens (including phenoxy) is 1. The molecule has 20 heavy (non-hydrogen) atoms. The van der Waals surface area contributed by atoms with Crippen LogP contribution in [0.3, 0.4) is 0 Å². The second-order valence-corrected chi connectivity index (χ2v) is 5.36. The second-order valence-electron chi connectivity index (χ2n) is 5.36. The molecule has 0 bridgehead atoms. The van der Waals surface area contributed by atoms with Crippen LogP contribution in [-0.4, -0.2) is 28.9 Å². The number of para-hydroxylation sites is 1. The average molecular weight is 273 g/mol. The Morgan fingerprint density at radius 3 is 2.70 bits per heavy atom. The van der Waals surface area contributed by atoms with Gasteiger partial charge in [-0.15, -0.1) is 5.10 Å². The number of rotatable bonds is 2. The molecule has 1 heterocycles. The molecule has 2 N–H and O–H groups in total. The molecule has 0 saturated heterocycles. The normalized spacial score (nSPS) is 23.1. The number of anilines is 1. The highest BCUT2D eigenvalue weighted by Crippen LogP contribution is 2.29. The molecule has 5 heteroatoms. The number of carbonyl (C=O) groups excluding carboxylic acids is 1. The number of hydrogen-bond acceptors (Lipinski definition) is 4. The summed E-state index contributed by atoms with van der Waals surface area (Å²) in [6.45, 7) is 0. The van der Waals surface area contributed by atoms with Gasteiger partial charge in [-0.2, -0.15) is 4.68 Å². The van der Waals surface area contributed by atoms with Gasteiger partial charge in [0.2, 0.25) is 0 Å². The molecule has 0 radical (unpaired) electrons. The van der Waals surface area contributed by atoms with Gasteiger partial charge in [-0.25, -0.2) is 0 Å². The molecule has 1 aromatic carbocycles. The summed E-state index contributed by atoms with van der Waals surface area (Å²) in [5, 5.41) is 5.06. The van der Waals surface area contributed by atoms with Crippen molar-refractivity contribution in [3.63, 3.8) is 0 Å². The van der Waals surface area contributed by atoms with Crippen LogP contribution in [0.15, 0.2) is 24.3 Å². The summed E-state index contributed by atoms with van der Waals surface area (Å²) in [5.74, 6) is 0.482. The van der Waals surface area contributed by atoms with Crippen LogP contribution in [0.4, 0.5) is 5.82 Å². The van der Waals surface area contributed by atoms with E-state index >= 15 is 0 Å². The Kier molecular flexibility index (Phi) is 3.44. The summed E-state index contributed by atoms with van der Waals surface area (Å²) >= 11 is 0. The largest absolute Gasteiger partial charge is 0.382 e. The first-order valence-electron chi connectivity index (χ1n) is 7.01. The molecule has 0 amide bonds. The van der Waals surface area contributed by atoms with Crippen LogP contribution in [0.5, 0.6) is 0 Å². The molecule has 1 aliphatic carbocycles. The third-order valence-electron chi connectivity index (χ3n) is 4.18. The van der Waals surface area contributed by atoms with Gasteiger partial charge < -0.3 is 10.5 Å². The van der Waals surface area contributed by atoms with Crippen molar-refractivity contribution < 1.29 is 9.53 Å². The van der Waals surface area contributed by atoms with Gasteiger partial charge in [0.1, 0.15) is 0 Å². The summed E-state index contributed by atoms with van der Waals surface area (Å²) in [7, 11) is 1.73. The van der Waals surface area contributed by atoms with Crippen molar-refractivity contribution in [1.29, 1.82) is 0 Å². The first kappa shape index (κ1) is 13.1. The smallest absolute Gasteiger partial charge is 0.250 e. The molecule has 0 spiro atoms. The number of nitrogens with zero attached hydrogens (tertiary/aromatic N) is 2. The number of benzene rings is 1. The highest BCUT2D eigenvalue weighted by molar-refractivity contribution is 5.97. The molecule has 106 valence electrons. The first-order chi connectivity index (χ1) is 9.70. The summed E-state index contributed by atoms with van der Waals surface area (Å²) in [6, 6.07) is 7.58. The molecule has 5 nitrogen and oxygen atoms in total. The van der Waals surface area contributed by atoms with Crippen molar-refractivity contribution in [1.82, 2.24) is 9.78 Å². The molecule has 1 saturated carbocycles. The molecular formula is C15H19N3O2. The van der Waals surface area contributed by atoms with E-state index in [4.69, 9.17) is 10.5 Å². The van der Waals surface area contributed by atoms with E-state index in [9.17, 15) is 4.79 Å². The maximum atomic E-state index is 12.6. The van der Waals surface area contributed by atoms with Crippen molar-refractivity contribution in [3.8, 4) is 0 Å². The Morgan fingerprint density at radius 2 is 2.00 bits per heavy atom. The van der Waals surface area contributed by atoms with Crippen molar-refractivity contribution in [2.75, 3.05) is 12.8 Å². The highest BCUT2D eigenvalue weighted by Gasteiger charge is 2.28. The van der Waals surface area contributed by atoms with Crippen molar-refractivity contribution >= 4 is 22.6 Å². The lowest BCUT2D eigenvalue weighted by Crippen LogP contribution is -2.29. The van der Waals surface area contributed by atoms with Gasteiger partial charge in [-0.1, -0.05) is 12.1 Å². The Labute approximate surface area is 117 Å². The number of aromatic nitrogens is 2. The van der Waals surface area contributed by atoms with Gasteiger partial charge in [0.05, 0.1) is 11.6 Å².